The maximum Gasteiger partial charge on any atom is 0.129 e. The largest absolute Gasteiger partial charge is 0.497 e. The van der Waals surface area contributed by atoms with Crippen molar-refractivity contribution >= 4 is 34.2 Å². The molecule has 1 aromatic heterocycles. The van der Waals surface area contributed by atoms with E-state index in [1.807, 2.05) is 47.9 Å². The number of fused-ring (bicyclic) bond motifs is 1. The van der Waals surface area contributed by atoms with Gasteiger partial charge < -0.3 is 4.74 Å². The minimum absolute atomic E-state index is 0.322. The Morgan fingerprint density at radius 1 is 1.19 bits per heavy atom. The number of halogens is 2. The molecule has 0 spiro atoms. The van der Waals surface area contributed by atoms with Crippen molar-refractivity contribution in [2.75, 3.05) is 7.11 Å². The maximum atomic E-state index is 6.15. The highest BCUT2D eigenvalue weighted by molar-refractivity contribution is 6.30. The fourth-order valence-corrected chi connectivity index (χ4v) is 2.76. The van der Waals surface area contributed by atoms with Crippen molar-refractivity contribution in [1.29, 1.82) is 0 Å². The molecule has 3 nitrogen and oxygen atoms in total. The molecular formula is C16H14Cl2N2O. The predicted octanol–water partition coefficient (Wildman–Crippen LogP) is 4.73. The van der Waals surface area contributed by atoms with Gasteiger partial charge in [0.1, 0.15) is 11.6 Å². The van der Waals surface area contributed by atoms with Crippen LogP contribution >= 0.6 is 23.2 Å². The second kappa shape index (κ2) is 5.58. The van der Waals surface area contributed by atoms with E-state index in [2.05, 4.69) is 4.98 Å². The normalized spacial score (nSPS) is 11.0. The van der Waals surface area contributed by atoms with Crippen molar-refractivity contribution in [2.45, 2.75) is 12.8 Å². The molecule has 1 heterocycles. The number of aromatic nitrogens is 2. The molecule has 3 aromatic rings. The third-order valence-electron chi connectivity index (χ3n) is 3.46. The molecule has 0 saturated carbocycles. The van der Waals surface area contributed by atoms with Gasteiger partial charge >= 0.3 is 0 Å². The van der Waals surface area contributed by atoms with Gasteiger partial charge in [0.05, 0.1) is 29.7 Å². The number of hydrogen-bond donors (Lipinski definition) is 0. The lowest BCUT2D eigenvalue weighted by molar-refractivity contribution is 0.415. The van der Waals surface area contributed by atoms with Gasteiger partial charge in [0.15, 0.2) is 0 Å². The van der Waals surface area contributed by atoms with Crippen LogP contribution in [0.25, 0.3) is 16.7 Å². The van der Waals surface area contributed by atoms with Crippen LogP contribution in [0.2, 0.25) is 5.02 Å². The molecular weight excluding hydrogens is 307 g/mol. The minimum atomic E-state index is 0.322. The summed E-state index contributed by atoms with van der Waals surface area (Å²) < 4.78 is 7.34. The Morgan fingerprint density at radius 3 is 2.71 bits per heavy atom. The number of alkyl halides is 1. The van der Waals surface area contributed by atoms with Gasteiger partial charge in [0, 0.05) is 11.1 Å². The fourth-order valence-electron chi connectivity index (χ4n) is 2.41. The van der Waals surface area contributed by atoms with E-state index in [0.29, 0.717) is 10.9 Å². The third-order valence-corrected chi connectivity index (χ3v) is 3.94. The summed E-state index contributed by atoms with van der Waals surface area (Å²) in [7, 11) is 1.65. The zero-order valence-corrected chi connectivity index (χ0v) is 13.2. The first-order valence-corrected chi connectivity index (χ1v) is 7.43. The molecule has 21 heavy (non-hydrogen) atoms. The topological polar surface area (TPSA) is 27.1 Å². The molecule has 5 heteroatoms. The predicted molar refractivity (Wildman–Crippen MR) is 86.9 cm³/mol. The Hall–Kier alpha value is -1.71. The SMILES string of the molecule is COc1ccc2nc(CCl)n(-c3cc(Cl)ccc3C)c2c1. The lowest BCUT2D eigenvalue weighted by atomic mass is 10.2. The van der Waals surface area contributed by atoms with Gasteiger partial charge in [0.25, 0.3) is 0 Å². The number of hydrogen-bond acceptors (Lipinski definition) is 2. The Balaban J connectivity index is 2.36. The van der Waals surface area contributed by atoms with Gasteiger partial charge in [-0.05, 0) is 36.8 Å². The quantitative estimate of drug-likeness (QED) is 0.652. The minimum Gasteiger partial charge on any atom is -0.497 e. The van der Waals surface area contributed by atoms with Gasteiger partial charge in [-0.15, -0.1) is 11.6 Å². The Labute approximate surface area is 133 Å². The number of benzene rings is 2. The molecule has 0 saturated heterocycles. The summed E-state index contributed by atoms with van der Waals surface area (Å²) in [6, 6.07) is 11.6. The first-order chi connectivity index (χ1) is 10.1. The molecule has 0 N–H and O–H groups in total. The van der Waals surface area contributed by atoms with Crippen LogP contribution in [-0.2, 0) is 5.88 Å². The molecule has 0 aliphatic heterocycles. The highest BCUT2D eigenvalue weighted by atomic mass is 35.5. The highest BCUT2D eigenvalue weighted by Gasteiger charge is 2.14. The molecule has 0 fully saturated rings. The molecule has 108 valence electrons. The van der Waals surface area contributed by atoms with Gasteiger partial charge in [-0.25, -0.2) is 4.98 Å². The summed E-state index contributed by atoms with van der Waals surface area (Å²) in [6.07, 6.45) is 0. The highest BCUT2D eigenvalue weighted by Crippen LogP contribution is 2.29. The van der Waals surface area contributed by atoms with E-state index in [0.717, 1.165) is 33.9 Å². The Bertz CT molecular complexity index is 811. The van der Waals surface area contributed by atoms with Crippen LogP contribution in [0.4, 0.5) is 0 Å². The summed E-state index contributed by atoms with van der Waals surface area (Å²) in [5.74, 6) is 1.89. The van der Waals surface area contributed by atoms with Crippen molar-refractivity contribution in [3.05, 3.63) is 52.8 Å². The van der Waals surface area contributed by atoms with Crippen molar-refractivity contribution in [1.82, 2.24) is 9.55 Å². The number of rotatable bonds is 3. The fraction of sp³-hybridized carbons (Fsp3) is 0.188. The van der Waals surface area contributed by atoms with Gasteiger partial charge in [0.2, 0.25) is 0 Å². The van der Waals surface area contributed by atoms with Crippen LogP contribution in [-0.4, -0.2) is 16.7 Å². The number of ether oxygens (including phenoxy) is 1. The van der Waals surface area contributed by atoms with Crippen LogP contribution in [0.15, 0.2) is 36.4 Å². The number of imidazole rings is 1. The molecule has 2 aromatic carbocycles. The van der Waals surface area contributed by atoms with Crippen LogP contribution in [0.5, 0.6) is 5.75 Å². The lowest BCUT2D eigenvalue weighted by Crippen LogP contribution is -2.01. The van der Waals surface area contributed by atoms with E-state index < -0.39 is 0 Å². The van der Waals surface area contributed by atoms with Gasteiger partial charge in [-0.3, -0.25) is 4.57 Å². The Morgan fingerprint density at radius 2 is 2.00 bits per heavy atom. The molecule has 0 bridgehead atoms. The van der Waals surface area contributed by atoms with Crippen LogP contribution in [0.3, 0.4) is 0 Å². The summed E-state index contributed by atoms with van der Waals surface area (Å²) in [5, 5.41) is 0.681. The van der Waals surface area contributed by atoms with E-state index in [-0.39, 0.29) is 0 Å². The molecule has 0 aliphatic carbocycles. The summed E-state index contributed by atoms with van der Waals surface area (Å²) in [6.45, 7) is 2.04. The molecule has 0 unspecified atom stereocenters. The average molecular weight is 321 g/mol. The number of methoxy groups -OCH3 is 1. The monoisotopic (exact) mass is 320 g/mol. The van der Waals surface area contributed by atoms with E-state index in [4.69, 9.17) is 27.9 Å². The van der Waals surface area contributed by atoms with Crippen LogP contribution < -0.4 is 4.74 Å². The second-order valence-corrected chi connectivity index (χ2v) is 5.49. The van der Waals surface area contributed by atoms with Crippen LogP contribution in [0.1, 0.15) is 11.4 Å². The third kappa shape index (κ3) is 2.47. The maximum absolute atomic E-state index is 6.15. The zero-order valence-electron chi connectivity index (χ0n) is 11.7. The van der Waals surface area contributed by atoms with E-state index in [9.17, 15) is 0 Å². The molecule has 0 amide bonds. The van der Waals surface area contributed by atoms with Crippen molar-refractivity contribution in [2.24, 2.45) is 0 Å². The number of aryl methyl sites for hydroxylation is 1. The molecule has 0 aliphatic rings. The van der Waals surface area contributed by atoms with Crippen molar-refractivity contribution < 1.29 is 4.74 Å². The van der Waals surface area contributed by atoms with Gasteiger partial charge in [-0.2, -0.15) is 0 Å². The van der Waals surface area contributed by atoms with E-state index >= 15 is 0 Å². The van der Waals surface area contributed by atoms with Crippen molar-refractivity contribution in [3.8, 4) is 11.4 Å². The standard InChI is InChI=1S/C16H14Cl2N2O/c1-10-3-4-11(18)7-14(10)20-15-8-12(21-2)5-6-13(15)19-16(20)9-17/h3-8H,9H2,1-2H3. The second-order valence-electron chi connectivity index (χ2n) is 4.78. The average Bonchev–Trinajstić information content (AvgIpc) is 2.87. The first kappa shape index (κ1) is 14.2. The molecule has 3 rings (SSSR count). The summed E-state index contributed by atoms with van der Waals surface area (Å²) in [5.41, 5.74) is 3.92. The summed E-state index contributed by atoms with van der Waals surface area (Å²) in [4.78, 5) is 4.59. The van der Waals surface area contributed by atoms with E-state index in [1.165, 1.54) is 0 Å². The molecule has 0 radical (unpaired) electrons. The Kier molecular flexibility index (Phi) is 3.79. The smallest absolute Gasteiger partial charge is 0.129 e. The van der Waals surface area contributed by atoms with Gasteiger partial charge in [-0.1, -0.05) is 17.7 Å². The number of nitrogens with zero attached hydrogens (tertiary/aromatic N) is 2. The molecule has 0 atom stereocenters. The van der Waals surface area contributed by atoms with E-state index in [1.54, 1.807) is 7.11 Å². The lowest BCUT2D eigenvalue weighted by Gasteiger charge is -2.12. The summed E-state index contributed by atoms with van der Waals surface area (Å²) >= 11 is 12.2. The van der Waals surface area contributed by atoms with Crippen molar-refractivity contribution in [3.63, 3.8) is 0 Å². The zero-order chi connectivity index (χ0) is 15.0. The van der Waals surface area contributed by atoms with Crippen LogP contribution in [0, 0.1) is 6.92 Å². The first-order valence-electron chi connectivity index (χ1n) is 6.52.